The van der Waals surface area contributed by atoms with Crippen LogP contribution in [0.1, 0.15) is 0 Å². The number of hydrogen-bond donors (Lipinski definition) is 0. The van der Waals surface area contributed by atoms with Gasteiger partial charge >= 0.3 is 58.5 Å². The SMILES string of the molecule is [AlH3].[BH2][Y]=[O].[MgH2]. The van der Waals surface area contributed by atoms with Gasteiger partial charge in [-0.05, 0) is 0 Å². The minimum atomic E-state index is -1.14. The molecule has 0 saturated carbocycles. The molecule has 0 spiro atoms. The van der Waals surface area contributed by atoms with E-state index in [1.807, 2.05) is 0 Å². The molecule has 0 N–H and O–H groups in total. The van der Waals surface area contributed by atoms with Crippen LogP contribution in [0.3, 0.4) is 0 Å². The third-order valence-electron chi connectivity index (χ3n) is 0. The smallest absolute Gasteiger partial charge is 0.316 e. The van der Waals surface area contributed by atoms with Gasteiger partial charge in [-0.15, -0.1) is 0 Å². The van der Waals surface area contributed by atoms with Crippen molar-refractivity contribution in [3.8, 4) is 0 Å². The molecule has 0 aromatic rings. The molecule has 0 amide bonds. The average molecular weight is 174 g/mol. The summed E-state index contributed by atoms with van der Waals surface area (Å²) in [5.41, 5.74) is 0. The third kappa shape index (κ3) is 22.2. The predicted molar refractivity (Wildman–Crippen MR) is 27.7 cm³/mol. The molecular formula is H7AlBMgOY. The van der Waals surface area contributed by atoms with Crippen LogP contribution in [0.25, 0.3) is 0 Å². The molecule has 0 aliphatic carbocycles. The van der Waals surface area contributed by atoms with E-state index >= 15 is 0 Å². The molecule has 0 fully saturated rings. The molecule has 0 radical (unpaired) electrons. The Bertz CT molecular complexity index is 19.1. The van der Waals surface area contributed by atoms with E-state index in [4.69, 9.17) is 2.04 Å². The first-order valence-corrected chi connectivity index (χ1v) is 4.81. The van der Waals surface area contributed by atoms with Crippen molar-refractivity contribution in [2.75, 3.05) is 0 Å². The molecule has 0 aromatic heterocycles. The van der Waals surface area contributed by atoms with Crippen LogP contribution in [0.2, 0.25) is 0 Å². The average Bonchev–Trinajstić information content (AvgIpc) is 0.918. The number of hydrogen-bond acceptors (Lipinski definition) is 1. The van der Waals surface area contributed by atoms with Crippen molar-refractivity contribution in [2.45, 2.75) is 0 Å². The summed E-state index contributed by atoms with van der Waals surface area (Å²) < 4.78 is 10.9. The van der Waals surface area contributed by atoms with E-state index < -0.39 is 29.0 Å². The van der Waals surface area contributed by atoms with E-state index in [9.17, 15) is 0 Å². The maximum absolute atomic E-state index is 9.12. The molecule has 0 unspecified atom stereocenters. The Hall–Kier alpha value is 2.27. The van der Waals surface area contributed by atoms with Gasteiger partial charge in [0.25, 0.3) is 0 Å². The fourth-order valence-corrected chi connectivity index (χ4v) is 0. The first kappa shape index (κ1) is 15.7. The maximum Gasteiger partial charge on any atom is 0.316 e. The van der Waals surface area contributed by atoms with E-state index in [2.05, 4.69) is 0 Å². The summed E-state index contributed by atoms with van der Waals surface area (Å²) in [5.74, 6) is 0. The zero-order valence-corrected chi connectivity index (χ0v) is 4.82. The van der Waals surface area contributed by atoms with E-state index in [1.54, 1.807) is 4.42 Å². The fourth-order valence-electron chi connectivity index (χ4n) is 0. The molecule has 5 heavy (non-hydrogen) atoms. The predicted octanol–water partition coefficient (Wildman–Crippen LogP) is -3.14. The molecule has 0 rings (SSSR count). The zero-order chi connectivity index (χ0) is 2.71. The van der Waals surface area contributed by atoms with Crippen molar-refractivity contribution in [2.24, 2.45) is 0 Å². The monoisotopic (exact) mass is 174 g/mol. The Balaban J connectivity index is -0.0000000200. The molecule has 1 nitrogen and oxygen atoms in total. The summed E-state index contributed by atoms with van der Waals surface area (Å²) >= 11 is -1.14. The van der Waals surface area contributed by atoms with Gasteiger partial charge in [0, 0.05) is 0 Å². The topological polar surface area (TPSA) is 17.1 Å². The van der Waals surface area contributed by atoms with Crippen LogP contribution in [-0.2, 0) is 31.0 Å². The van der Waals surface area contributed by atoms with Crippen LogP contribution >= 0.6 is 0 Å². The fraction of sp³-hybridized carbons (Fsp3) is 0. The summed E-state index contributed by atoms with van der Waals surface area (Å²) in [6, 6.07) is 0. The van der Waals surface area contributed by atoms with E-state index in [0.29, 0.717) is 0 Å². The minimum absolute atomic E-state index is 0. The largest absolute Gasteiger partial charge is 0.316 e. The Kier molecular flexibility index (Phi) is 51.1. The van der Waals surface area contributed by atoms with Crippen molar-refractivity contribution >= 4 is 44.8 Å². The van der Waals surface area contributed by atoms with Crippen molar-refractivity contribution < 1.29 is 31.0 Å². The summed E-state index contributed by atoms with van der Waals surface area (Å²) in [6.07, 6.45) is 0. The third-order valence-corrected chi connectivity index (χ3v) is 0. The van der Waals surface area contributed by atoms with Gasteiger partial charge in [-0.1, -0.05) is 0 Å². The zero-order valence-electron chi connectivity index (χ0n) is 1.99. The quantitative estimate of drug-likeness (QED) is 0.355. The van der Waals surface area contributed by atoms with E-state index in [-0.39, 0.29) is 40.4 Å². The van der Waals surface area contributed by atoms with Crippen LogP contribution in [0.15, 0.2) is 0 Å². The minimum Gasteiger partial charge on any atom is 0.316 e. The first-order chi connectivity index (χ1) is 1.41. The van der Waals surface area contributed by atoms with Gasteiger partial charge in [-0.25, -0.2) is 0 Å². The van der Waals surface area contributed by atoms with Crippen molar-refractivity contribution in [1.29, 1.82) is 0 Å². The van der Waals surface area contributed by atoms with Gasteiger partial charge in [-0.2, -0.15) is 0 Å². The molecule has 0 aromatic carbocycles. The summed E-state index contributed by atoms with van der Waals surface area (Å²) in [5, 5.41) is 0. The summed E-state index contributed by atoms with van der Waals surface area (Å²) in [6.45, 7) is 0. The Morgan fingerprint density at radius 1 is 1.60 bits per heavy atom. The molecule has 0 aliphatic heterocycles. The maximum atomic E-state index is 9.12. The van der Waals surface area contributed by atoms with Gasteiger partial charge in [0.05, 0.1) is 0 Å². The van der Waals surface area contributed by atoms with Gasteiger partial charge in [0.15, 0.2) is 17.4 Å². The van der Waals surface area contributed by atoms with Crippen molar-refractivity contribution in [3.05, 3.63) is 0 Å². The summed E-state index contributed by atoms with van der Waals surface area (Å²) in [4.78, 5) is 0. The second-order valence-electron chi connectivity index (χ2n) is 0.236. The molecule has 0 saturated heterocycles. The standard InChI is InChI=1S/Al.BH2.Mg.O.Y.5H/h;1H2;;;;;;;;/q;+1;;;-1;;;;;. The molecule has 0 bridgehead atoms. The van der Waals surface area contributed by atoms with Crippen LogP contribution < -0.4 is 0 Å². The molecule has 0 aliphatic rings. The van der Waals surface area contributed by atoms with Crippen molar-refractivity contribution in [3.63, 3.8) is 0 Å². The Morgan fingerprint density at radius 3 is 1.60 bits per heavy atom. The second kappa shape index (κ2) is 16.3. The molecule has 0 atom stereocenters. The molecule has 24 valence electrons. The van der Waals surface area contributed by atoms with E-state index in [0.717, 1.165) is 0 Å². The first-order valence-electron chi connectivity index (χ1n) is 0.813. The second-order valence-corrected chi connectivity index (χ2v) is 1.39. The van der Waals surface area contributed by atoms with Gasteiger partial charge < -0.3 is 0 Å². The number of rotatable bonds is 0. The Labute approximate surface area is 74.6 Å². The van der Waals surface area contributed by atoms with E-state index in [1.165, 1.54) is 0 Å². The summed E-state index contributed by atoms with van der Waals surface area (Å²) in [7, 11) is 0. The molecular weight excluding hydrogens is 167 g/mol. The normalized spacial score (nSPS) is 1.60. The molecule has 0 heterocycles. The molecule has 5 heteroatoms. The van der Waals surface area contributed by atoms with Gasteiger partial charge in [-0.3, -0.25) is 0 Å². The van der Waals surface area contributed by atoms with Gasteiger partial charge in [0.1, 0.15) is 0 Å². The van der Waals surface area contributed by atoms with Crippen molar-refractivity contribution in [1.82, 2.24) is 0 Å². The van der Waals surface area contributed by atoms with Crippen LogP contribution in [0.5, 0.6) is 0 Å². The van der Waals surface area contributed by atoms with Crippen LogP contribution in [0, 0.1) is 0 Å². The van der Waals surface area contributed by atoms with Crippen LogP contribution in [-0.4, -0.2) is 44.8 Å². The van der Waals surface area contributed by atoms with Gasteiger partial charge in [0.2, 0.25) is 0 Å². The Morgan fingerprint density at radius 2 is 1.60 bits per heavy atom. The van der Waals surface area contributed by atoms with Crippen LogP contribution in [0.4, 0.5) is 0 Å².